The largest absolute Gasteiger partial charge is 0.454 e. The molecular formula is C14H12ClNO4. The standard InChI is InChI=1S/C14H12ClNO4/c1-8-13(9(2)20-16-8)14(18)19-7-12(17)10-3-5-11(15)6-4-10/h3-6H,7H2,1-2H3. The third kappa shape index (κ3) is 3.05. The van der Waals surface area contributed by atoms with E-state index in [9.17, 15) is 9.59 Å². The number of hydrogen-bond acceptors (Lipinski definition) is 5. The first-order chi connectivity index (χ1) is 9.49. The molecule has 5 nitrogen and oxygen atoms in total. The molecule has 0 aliphatic rings. The number of halogens is 1. The van der Waals surface area contributed by atoms with Crippen molar-refractivity contribution in [2.45, 2.75) is 13.8 Å². The number of aromatic nitrogens is 1. The first kappa shape index (κ1) is 14.3. The molecular weight excluding hydrogens is 282 g/mol. The van der Waals surface area contributed by atoms with Crippen LogP contribution in [-0.2, 0) is 4.74 Å². The molecule has 0 amide bonds. The Bertz CT molecular complexity index is 626. The van der Waals surface area contributed by atoms with E-state index in [4.69, 9.17) is 20.9 Å². The fraction of sp³-hybridized carbons (Fsp3) is 0.214. The lowest BCUT2D eigenvalue weighted by molar-refractivity contribution is 0.0472. The normalized spacial score (nSPS) is 10.3. The molecule has 1 aromatic heterocycles. The molecule has 6 heteroatoms. The molecule has 0 radical (unpaired) electrons. The predicted octanol–water partition coefficient (Wildman–Crippen LogP) is 2.98. The summed E-state index contributed by atoms with van der Waals surface area (Å²) in [6.45, 7) is 2.90. The molecule has 0 fully saturated rings. The van der Waals surface area contributed by atoms with Gasteiger partial charge in [-0.25, -0.2) is 4.79 Å². The first-order valence-electron chi connectivity index (χ1n) is 5.88. The quantitative estimate of drug-likeness (QED) is 0.640. The van der Waals surface area contributed by atoms with Crippen LogP contribution in [0.2, 0.25) is 5.02 Å². The summed E-state index contributed by atoms with van der Waals surface area (Å²) >= 11 is 5.73. The minimum Gasteiger partial charge on any atom is -0.454 e. The van der Waals surface area contributed by atoms with Crippen molar-refractivity contribution < 1.29 is 18.8 Å². The van der Waals surface area contributed by atoms with Gasteiger partial charge in [-0.2, -0.15) is 0 Å². The van der Waals surface area contributed by atoms with Crippen molar-refractivity contribution >= 4 is 23.4 Å². The second-order valence-corrected chi connectivity index (χ2v) is 4.64. The molecule has 20 heavy (non-hydrogen) atoms. The monoisotopic (exact) mass is 293 g/mol. The van der Waals surface area contributed by atoms with Crippen LogP contribution in [0, 0.1) is 13.8 Å². The van der Waals surface area contributed by atoms with Crippen molar-refractivity contribution in [2.75, 3.05) is 6.61 Å². The summed E-state index contributed by atoms with van der Waals surface area (Å²) in [5, 5.41) is 4.19. The zero-order valence-corrected chi connectivity index (χ0v) is 11.7. The van der Waals surface area contributed by atoms with E-state index in [1.165, 1.54) is 0 Å². The van der Waals surface area contributed by atoms with Crippen molar-refractivity contribution in [3.8, 4) is 0 Å². The number of nitrogens with zero attached hydrogens (tertiary/aromatic N) is 1. The summed E-state index contributed by atoms with van der Waals surface area (Å²) in [5.74, 6) is -0.559. The number of benzene rings is 1. The molecule has 2 aromatic rings. The van der Waals surface area contributed by atoms with Gasteiger partial charge >= 0.3 is 5.97 Å². The van der Waals surface area contributed by atoms with Gasteiger partial charge in [0, 0.05) is 10.6 Å². The van der Waals surface area contributed by atoms with Gasteiger partial charge in [-0.15, -0.1) is 0 Å². The molecule has 0 saturated carbocycles. The van der Waals surface area contributed by atoms with Crippen LogP contribution in [0.5, 0.6) is 0 Å². The fourth-order valence-electron chi connectivity index (χ4n) is 1.70. The zero-order valence-electron chi connectivity index (χ0n) is 11.0. The molecule has 0 N–H and O–H groups in total. The van der Waals surface area contributed by atoms with Gasteiger partial charge in [0.15, 0.2) is 12.4 Å². The summed E-state index contributed by atoms with van der Waals surface area (Å²) in [4.78, 5) is 23.7. The molecule has 0 atom stereocenters. The van der Waals surface area contributed by atoms with E-state index >= 15 is 0 Å². The Morgan fingerprint density at radius 3 is 2.45 bits per heavy atom. The van der Waals surface area contributed by atoms with E-state index in [0.29, 0.717) is 22.0 Å². The molecule has 0 unspecified atom stereocenters. The van der Waals surface area contributed by atoms with Gasteiger partial charge < -0.3 is 9.26 Å². The van der Waals surface area contributed by atoms with Gasteiger partial charge in [0.25, 0.3) is 0 Å². The van der Waals surface area contributed by atoms with Crippen molar-refractivity contribution in [2.24, 2.45) is 0 Å². The van der Waals surface area contributed by atoms with Crippen LogP contribution in [0.25, 0.3) is 0 Å². The van der Waals surface area contributed by atoms with Gasteiger partial charge in [0.2, 0.25) is 0 Å². The number of aryl methyl sites for hydroxylation is 2. The molecule has 1 heterocycles. The van der Waals surface area contributed by atoms with E-state index in [2.05, 4.69) is 5.16 Å². The molecule has 0 aliphatic carbocycles. The number of ether oxygens (including phenoxy) is 1. The van der Waals surface area contributed by atoms with Crippen LogP contribution in [-0.4, -0.2) is 23.5 Å². The molecule has 1 aromatic carbocycles. The third-order valence-corrected chi connectivity index (χ3v) is 2.99. The Balaban J connectivity index is 2.00. The first-order valence-corrected chi connectivity index (χ1v) is 6.25. The Morgan fingerprint density at radius 2 is 1.90 bits per heavy atom. The summed E-state index contributed by atoms with van der Waals surface area (Å²) < 4.78 is 9.84. The number of rotatable bonds is 4. The van der Waals surface area contributed by atoms with E-state index < -0.39 is 5.97 Å². The lowest BCUT2D eigenvalue weighted by Gasteiger charge is -2.04. The smallest absolute Gasteiger partial charge is 0.344 e. The van der Waals surface area contributed by atoms with Crippen LogP contribution in [0.15, 0.2) is 28.8 Å². The number of esters is 1. The lowest BCUT2D eigenvalue weighted by atomic mass is 10.1. The molecule has 0 spiro atoms. The summed E-state index contributed by atoms with van der Waals surface area (Å²) in [6.07, 6.45) is 0. The highest BCUT2D eigenvalue weighted by Gasteiger charge is 2.20. The average molecular weight is 294 g/mol. The average Bonchev–Trinajstić information content (AvgIpc) is 2.76. The Morgan fingerprint density at radius 1 is 1.25 bits per heavy atom. The highest BCUT2D eigenvalue weighted by molar-refractivity contribution is 6.30. The SMILES string of the molecule is Cc1noc(C)c1C(=O)OCC(=O)c1ccc(Cl)cc1. The minimum atomic E-state index is -0.622. The molecule has 2 rings (SSSR count). The summed E-state index contributed by atoms with van der Waals surface area (Å²) in [5.41, 5.74) is 1.13. The summed E-state index contributed by atoms with van der Waals surface area (Å²) in [7, 11) is 0. The van der Waals surface area contributed by atoms with Crippen LogP contribution in [0.1, 0.15) is 32.2 Å². The Labute approximate surface area is 120 Å². The molecule has 0 aliphatic heterocycles. The number of carbonyl (C=O) groups is 2. The molecule has 0 saturated heterocycles. The van der Waals surface area contributed by atoms with Crippen LogP contribution in [0.3, 0.4) is 0 Å². The maximum atomic E-state index is 11.8. The van der Waals surface area contributed by atoms with Crippen LogP contribution >= 0.6 is 11.6 Å². The van der Waals surface area contributed by atoms with E-state index in [1.54, 1.807) is 38.1 Å². The van der Waals surface area contributed by atoms with Crippen LogP contribution in [0.4, 0.5) is 0 Å². The van der Waals surface area contributed by atoms with Crippen molar-refractivity contribution in [1.82, 2.24) is 5.16 Å². The fourth-order valence-corrected chi connectivity index (χ4v) is 1.82. The molecule has 0 bridgehead atoms. The maximum Gasteiger partial charge on any atom is 0.344 e. The van der Waals surface area contributed by atoms with Gasteiger partial charge in [0.05, 0.1) is 5.69 Å². The van der Waals surface area contributed by atoms with E-state index in [0.717, 1.165) is 0 Å². The zero-order chi connectivity index (χ0) is 14.7. The van der Waals surface area contributed by atoms with Crippen molar-refractivity contribution in [1.29, 1.82) is 0 Å². The highest BCUT2D eigenvalue weighted by atomic mass is 35.5. The number of hydrogen-bond donors (Lipinski definition) is 0. The summed E-state index contributed by atoms with van der Waals surface area (Å²) in [6, 6.07) is 6.36. The predicted molar refractivity (Wildman–Crippen MR) is 72.0 cm³/mol. The molecule has 104 valence electrons. The minimum absolute atomic E-state index is 0.258. The number of carbonyl (C=O) groups excluding carboxylic acids is 2. The van der Waals surface area contributed by atoms with E-state index in [-0.39, 0.29) is 18.0 Å². The van der Waals surface area contributed by atoms with Crippen molar-refractivity contribution in [3.63, 3.8) is 0 Å². The second kappa shape index (κ2) is 5.88. The lowest BCUT2D eigenvalue weighted by Crippen LogP contribution is -2.15. The maximum absolute atomic E-state index is 11.8. The Kier molecular flexibility index (Phi) is 4.20. The van der Waals surface area contributed by atoms with Gasteiger partial charge in [-0.3, -0.25) is 4.79 Å². The van der Waals surface area contributed by atoms with Crippen LogP contribution < -0.4 is 0 Å². The van der Waals surface area contributed by atoms with Gasteiger partial charge in [0.1, 0.15) is 11.3 Å². The van der Waals surface area contributed by atoms with Gasteiger partial charge in [-0.1, -0.05) is 16.8 Å². The topological polar surface area (TPSA) is 69.4 Å². The third-order valence-electron chi connectivity index (χ3n) is 2.74. The second-order valence-electron chi connectivity index (χ2n) is 4.21. The number of Topliss-reactive ketones (excluding diaryl/α,β-unsaturated/α-hetero) is 1. The van der Waals surface area contributed by atoms with E-state index in [1.807, 2.05) is 0 Å². The number of ketones is 1. The highest BCUT2D eigenvalue weighted by Crippen LogP contribution is 2.14. The van der Waals surface area contributed by atoms with Gasteiger partial charge in [-0.05, 0) is 38.1 Å². The Hall–Kier alpha value is -2.14. The van der Waals surface area contributed by atoms with Crippen molar-refractivity contribution in [3.05, 3.63) is 51.9 Å².